The molecule has 0 aromatic rings. The number of hydrogen-bond donors (Lipinski definition) is 2. The zero-order valence-corrected chi connectivity index (χ0v) is 9.28. The van der Waals surface area contributed by atoms with Gasteiger partial charge < -0.3 is 15.3 Å². The number of aliphatic hydroxyl groups excluding tert-OH is 1. The van der Waals surface area contributed by atoms with Gasteiger partial charge in [-0.1, -0.05) is 6.92 Å². The average molecular weight is 212 g/mol. The summed E-state index contributed by atoms with van der Waals surface area (Å²) in [5.41, 5.74) is 0. The molecule has 2 rings (SSSR count). The van der Waals surface area contributed by atoms with Crippen molar-refractivity contribution in [3.8, 4) is 0 Å². The molecule has 0 unspecified atom stereocenters. The van der Waals surface area contributed by atoms with Gasteiger partial charge in [0.1, 0.15) is 0 Å². The minimum atomic E-state index is -0.226. The Labute approximate surface area is 90.6 Å². The fourth-order valence-electron chi connectivity index (χ4n) is 2.46. The van der Waals surface area contributed by atoms with E-state index >= 15 is 0 Å². The van der Waals surface area contributed by atoms with Gasteiger partial charge in [0.15, 0.2) is 0 Å². The predicted molar refractivity (Wildman–Crippen MR) is 57.3 cm³/mol. The van der Waals surface area contributed by atoms with Crippen LogP contribution in [0.1, 0.15) is 19.8 Å². The average Bonchev–Trinajstić information content (AvgIpc) is 2.74. The fraction of sp³-hybridized carbons (Fsp3) is 0.909. The summed E-state index contributed by atoms with van der Waals surface area (Å²) in [4.78, 5) is 14.0. The summed E-state index contributed by atoms with van der Waals surface area (Å²) in [6, 6.07) is 0. The van der Waals surface area contributed by atoms with E-state index in [1.165, 1.54) is 0 Å². The molecule has 0 spiro atoms. The molecule has 86 valence electrons. The van der Waals surface area contributed by atoms with Crippen molar-refractivity contribution in [1.82, 2.24) is 10.2 Å². The molecule has 2 fully saturated rings. The summed E-state index contributed by atoms with van der Waals surface area (Å²) < 4.78 is 0. The highest BCUT2D eigenvalue weighted by atomic mass is 16.3. The molecule has 15 heavy (non-hydrogen) atoms. The molecule has 2 saturated heterocycles. The van der Waals surface area contributed by atoms with Crippen LogP contribution in [-0.4, -0.2) is 48.2 Å². The third kappa shape index (κ3) is 2.32. The maximum Gasteiger partial charge on any atom is 0.227 e. The first-order chi connectivity index (χ1) is 7.18. The Hall–Kier alpha value is -0.610. The van der Waals surface area contributed by atoms with E-state index in [-0.39, 0.29) is 23.8 Å². The molecule has 2 heterocycles. The van der Waals surface area contributed by atoms with E-state index < -0.39 is 0 Å². The predicted octanol–water partition coefficient (Wildman–Crippen LogP) is -0.175. The Bertz CT molecular complexity index is 239. The van der Waals surface area contributed by atoms with Gasteiger partial charge in [0.25, 0.3) is 0 Å². The number of rotatable bonds is 1. The van der Waals surface area contributed by atoms with Crippen LogP contribution in [-0.2, 0) is 4.79 Å². The zero-order valence-electron chi connectivity index (χ0n) is 9.28. The van der Waals surface area contributed by atoms with Gasteiger partial charge in [0.05, 0.1) is 12.0 Å². The van der Waals surface area contributed by atoms with Crippen molar-refractivity contribution in [2.24, 2.45) is 11.8 Å². The van der Waals surface area contributed by atoms with Crippen molar-refractivity contribution in [3.05, 3.63) is 0 Å². The lowest BCUT2D eigenvalue weighted by Gasteiger charge is -2.35. The van der Waals surface area contributed by atoms with Crippen molar-refractivity contribution >= 4 is 5.91 Å². The third-order valence-corrected chi connectivity index (χ3v) is 3.58. The summed E-state index contributed by atoms with van der Waals surface area (Å²) >= 11 is 0. The van der Waals surface area contributed by atoms with Gasteiger partial charge in [-0.2, -0.15) is 0 Å². The standard InChI is InChI=1S/C11H20N2O2/c1-8-7-13(5-3-10(8)14)11(15)9-2-4-12-6-9/h8-10,12,14H,2-7H2,1H3/t8-,9+,10-/m1/s1. The summed E-state index contributed by atoms with van der Waals surface area (Å²) in [7, 11) is 0. The number of nitrogens with zero attached hydrogens (tertiary/aromatic N) is 1. The molecule has 2 aliphatic rings. The molecule has 3 atom stereocenters. The molecule has 0 bridgehead atoms. The second kappa shape index (κ2) is 4.49. The van der Waals surface area contributed by atoms with Crippen molar-refractivity contribution in [3.63, 3.8) is 0 Å². The minimum Gasteiger partial charge on any atom is -0.393 e. The van der Waals surface area contributed by atoms with Gasteiger partial charge in [0.2, 0.25) is 5.91 Å². The normalized spacial score (nSPS) is 36.9. The largest absolute Gasteiger partial charge is 0.393 e. The SMILES string of the molecule is C[C@@H]1CN(C(=O)[C@H]2CCNC2)CC[C@H]1O. The second-order valence-corrected chi connectivity index (χ2v) is 4.81. The van der Waals surface area contributed by atoms with Crippen LogP contribution in [0, 0.1) is 11.8 Å². The highest BCUT2D eigenvalue weighted by Gasteiger charge is 2.32. The van der Waals surface area contributed by atoms with Crippen LogP contribution in [0.3, 0.4) is 0 Å². The molecular weight excluding hydrogens is 192 g/mol. The van der Waals surface area contributed by atoms with Gasteiger partial charge in [0, 0.05) is 19.6 Å². The van der Waals surface area contributed by atoms with Crippen LogP contribution in [0.2, 0.25) is 0 Å². The number of carbonyl (C=O) groups is 1. The molecule has 4 nitrogen and oxygen atoms in total. The molecule has 0 saturated carbocycles. The minimum absolute atomic E-state index is 0.174. The van der Waals surface area contributed by atoms with Gasteiger partial charge >= 0.3 is 0 Å². The van der Waals surface area contributed by atoms with Crippen LogP contribution < -0.4 is 5.32 Å². The zero-order chi connectivity index (χ0) is 10.8. The molecule has 2 aliphatic heterocycles. The number of piperidine rings is 1. The Morgan fingerprint density at radius 3 is 2.87 bits per heavy atom. The second-order valence-electron chi connectivity index (χ2n) is 4.81. The number of carbonyl (C=O) groups excluding carboxylic acids is 1. The van der Waals surface area contributed by atoms with E-state index in [0.717, 1.165) is 39.0 Å². The number of nitrogens with one attached hydrogen (secondary N) is 1. The summed E-state index contributed by atoms with van der Waals surface area (Å²) in [5, 5.41) is 12.8. The first-order valence-corrected chi connectivity index (χ1v) is 5.86. The number of aliphatic hydroxyl groups is 1. The van der Waals surface area contributed by atoms with E-state index in [0.29, 0.717) is 0 Å². The molecular formula is C11H20N2O2. The Kier molecular flexibility index (Phi) is 3.26. The molecule has 0 aromatic carbocycles. The molecule has 1 amide bonds. The fourth-order valence-corrected chi connectivity index (χ4v) is 2.46. The molecule has 0 aromatic heterocycles. The lowest BCUT2D eigenvalue weighted by Crippen LogP contribution is -2.47. The highest BCUT2D eigenvalue weighted by Crippen LogP contribution is 2.20. The van der Waals surface area contributed by atoms with Crippen LogP contribution in [0.5, 0.6) is 0 Å². The Morgan fingerprint density at radius 1 is 1.47 bits per heavy atom. The van der Waals surface area contributed by atoms with E-state index in [4.69, 9.17) is 0 Å². The van der Waals surface area contributed by atoms with Crippen LogP contribution in [0.4, 0.5) is 0 Å². The lowest BCUT2D eigenvalue weighted by molar-refractivity contribution is -0.138. The van der Waals surface area contributed by atoms with Crippen LogP contribution in [0.15, 0.2) is 0 Å². The van der Waals surface area contributed by atoms with E-state index in [1.54, 1.807) is 0 Å². The van der Waals surface area contributed by atoms with Crippen molar-refractivity contribution in [2.75, 3.05) is 26.2 Å². The highest BCUT2D eigenvalue weighted by molar-refractivity contribution is 5.79. The van der Waals surface area contributed by atoms with E-state index in [1.807, 2.05) is 11.8 Å². The van der Waals surface area contributed by atoms with Gasteiger partial charge in [-0.25, -0.2) is 0 Å². The van der Waals surface area contributed by atoms with Gasteiger partial charge in [-0.3, -0.25) is 4.79 Å². The van der Waals surface area contributed by atoms with E-state index in [9.17, 15) is 9.90 Å². The molecule has 2 N–H and O–H groups in total. The smallest absolute Gasteiger partial charge is 0.227 e. The van der Waals surface area contributed by atoms with Crippen LogP contribution in [0.25, 0.3) is 0 Å². The number of hydrogen-bond acceptors (Lipinski definition) is 3. The molecule has 0 radical (unpaired) electrons. The van der Waals surface area contributed by atoms with Gasteiger partial charge in [-0.15, -0.1) is 0 Å². The number of likely N-dealkylation sites (tertiary alicyclic amines) is 1. The van der Waals surface area contributed by atoms with Crippen molar-refractivity contribution in [1.29, 1.82) is 0 Å². The summed E-state index contributed by atoms with van der Waals surface area (Å²) in [5.74, 6) is 0.670. The Morgan fingerprint density at radius 2 is 2.27 bits per heavy atom. The van der Waals surface area contributed by atoms with Crippen molar-refractivity contribution in [2.45, 2.75) is 25.9 Å². The van der Waals surface area contributed by atoms with E-state index in [2.05, 4.69) is 5.32 Å². The first kappa shape index (κ1) is 10.9. The summed E-state index contributed by atoms with van der Waals surface area (Å²) in [6.07, 6.45) is 1.47. The lowest BCUT2D eigenvalue weighted by atomic mass is 9.95. The van der Waals surface area contributed by atoms with Crippen LogP contribution >= 0.6 is 0 Å². The summed E-state index contributed by atoms with van der Waals surface area (Å²) in [6.45, 7) is 5.24. The molecule has 4 heteroatoms. The number of amides is 1. The van der Waals surface area contributed by atoms with Crippen molar-refractivity contribution < 1.29 is 9.90 Å². The maximum absolute atomic E-state index is 12.1. The third-order valence-electron chi connectivity index (χ3n) is 3.58. The monoisotopic (exact) mass is 212 g/mol. The molecule has 0 aliphatic carbocycles. The maximum atomic E-state index is 12.1. The first-order valence-electron chi connectivity index (χ1n) is 5.86. The topological polar surface area (TPSA) is 52.6 Å². The Balaban J connectivity index is 1.90. The quantitative estimate of drug-likeness (QED) is 0.634. The van der Waals surface area contributed by atoms with Gasteiger partial charge in [-0.05, 0) is 25.3 Å².